The van der Waals surface area contributed by atoms with E-state index in [2.05, 4.69) is 17.0 Å². The number of halogens is 1. The normalized spacial score (nSPS) is 11.3. The number of hydrogen-bond donors (Lipinski definition) is 1. The van der Waals surface area contributed by atoms with Crippen LogP contribution in [0.25, 0.3) is 11.0 Å². The van der Waals surface area contributed by atoms with Gasteiger partial charge in [0.05, 0.1) is 5.69 Å². The van der Waals surface area contributed by atoms with Crippen LogP contribution in [0.4, 0.5) is 0 Å². The highest BCUT2D eigenvalue weighted by molar-refractivity contribution is 6.30. The van der Waals surface area contributed by atoms with Gasteiger partial charge in [0.25, 0.3) is 5.56 Å². The lowest BCUT2D eigenvalue weighted by atomic mass is 10.0. The molecule has 0 atom stereocenters. The van der Waals surface area contributed by atoms with Crippen LogP contribution in [-0.2, 0) is 24.8 Å². The maximum absolute atomic E-state index is 13.1. The molecule has 3 rings (SSSR count). The van der Waals surface area contributed by atoms with Crippen LogP contribution < -0.4 is 5.56 Å². The predicted molar refractivity (Wildman–Crippen MR) is 126 cm³/mol. The van der Waals surface area contributed by atoms with Crippen LogP contribution in [0.1, 0.15) is 55.0 Å². The second-order valence-corrected chi connectivity index (χ2v) is 8.58. The van der Waals surface area contributed by atoms with E-state index in [0.29, 0.717) is 36.5 Å². The van der Waals surface area contributed by atoms with Gasteiger partial charge in [-0.1, -0.05) is 43.5 Å². The standard InChI is InChI=1S/C24H31ClN4O2/c1-5-6-7-14-29(15-18-8-10-19(25)11-9-18)21(30)13-12-20-16(2)22-17(3)27-28(4)23(22)26-24(20)31/h8-11H,5-7,12-15H2,1-4H3,(H,26,31). The van der Waals surface area contributed by atoms with Crippen molar-refractivity contribution in [2.45, 2.75) is 59.4 Å². The summed E-state index contributed by atoms with van der Waals surface area (Å²) >= 11 is 6.00. The molecule has 0 aliphatic carbocycles. The van der Waals surface area contributed by atoms with Gasteiger partial charge in [0.1, 0.15) is 5.65 Å². The molecule has 3 aromatic rings. The second kappa shape index (κ2) is 10.1. The van der Waals surface area contributed by atoms with Crippen LogP contribution in [0.3, 0.4) is 0 Å². The Morgan fingerprint density at radius 2 is 1.90 bits per heavy atom. The third-order valence-corrected chi connectivity index (χ3v) is 6.07. The molecule has 0 aliphatic heterocycles. The Labute approximate surface area is 188 Å². The fraction of sp³-hybridized carbons (Fsp3) is 0.458. The first-order valence-electron chi connectivity index (χ1n) is 10.9. The van der Waals surface area contributed by atoms with E-state index in [1.807, 2.05) is 50.1 Å². The summed E-state index contributed by atoms with van der Waals surface area (Å²) in [5.41, 5.74) is 4.08. The minimum absolute atomic E-state index is 0.0628. The molecule has 6 nitrogen and oxygen atoms in total. The van der Waals surface area contributed by atoms with Gasteiger partial charge in [-0.2, -0.15) is 5.10 Å². The molecule has 0 saturated heterocycles. The molecule has 31 heavy (non-hydrogen) atoms. The van der Waals surface area contributed by atoms with Crippen LogP contribution in [0.5, 0.6) is 0 Å². The second-order valence-electron chi connectivity index (χ2n) is 8.14. The Morgan fingerprint density at radius 3 is 2.58 bits per heavy atom. The monoisotopic (exact) mass is 442 g/mol. The lowest BCUT2D eigenvalue weighted by Gasteiger charge is -2.23. The molecule has 2 aromatic heterocycles. The number of benzene rings is 1. The topological polar surface area (TPSA) is 71.0 Å². The highest BCUT2D eigenvalue weighted by atomic mass is 35.5. The Balaban J connectivity index is 1.77. The number of amides is 1. The molecule has 2 heterocycles. The summed E-state index contributed by atoms with van der Waals surface area (Å²) in [6, 6.07) is 7.60. The number of pyridine rings is 1. The number of carbonyl (C=O) groups excluding carboxylic acids is 1. The van der Waals surface area contributed by atoms with Gasteiger partial charge in [-0.15, -0.1) is 0 Å². The minimum atomic E-state index is -0.143. The quantitative estimate of drug-likeness (QED) is 0.489. The van der Waals surface area contributed by atoms with Gasteiger partial charge in [0.2, 0.25) is 5.91 Å². The zero-order valence-corrected chi connectivity index (χ0v) is 19.6. The molecule has 0 aliphatic rings. The summed E-state index contributed by atoms with van der Waals surface area (Å²) in [6.07, 6.45) is 3.86. The number of nitrogens with zero attached hydrogens (tertiary/aromatic N) is 3. The van der Waals surface area contributed by atoms with Crippen LogP contribution in [0, 0.1) is 13.8 Å². The van der Waals surface area contributed by atoms with Crippen LogP contribution in [0.2, 0.25) is 5.02 Å². The first-order chi connectivity index (χ1) is 14.8. The third-order valence-electron chi connectivity index (χ3n) is 5.82. The van der Waals surface area contributed by atoms with E-state index >= 15 is 0 Å². The molecule has 0 bridgehead atoms. The van der Waals surface area contributed by atoms with Crippen LogP contribution in [0.15, 0.2) is 29.1 Å². The number of hydrogen-bond acceptors (Lipinski definition) is 3. The molecule has 1 aromatic carbocycles. The van der Waals surface area contributed by atoms with Crippen molar-refractivity contribution in [2.75, 3.05) is 6.54 Å². The fourth-order valence-electron chi connectivity index (χ4n) is 4.10. The predicted octanol–water partition coefficient (Wildman–Crippen LogP) is 4.68. The van der Waals surface area contributed by atoms with Crippen molar-refractivity contribution in [1.82, 2.24) is 19.7 Å². The molecular weight excluding hydrogens is 412 g/mol. The Bertz CT molecular complexity index is 1120. The SMILES string of the molecule is CCCCCN(Cc1ccc(Cl)cc1)C(=O)CCc1c(C)c2c(C)nn(C)c2[nH]c1=O. The highest BCUT2D eigenvalue weighted by Gasteiger charge is 2.18. The van der Waals surface area contributed by atoms with E-state index in [1.165, 1.54) is 0 Å². The van der Waals surface area contributed by atoms with Gasteiger partial charge in [-0.05, 0) is 49.9 Å². The van der Waals surface area contributed by atoms with E-state index in [1.54, 1.807) is 4.68 Å². The van der Waals surface area contributed by atoms with Gasteiger partial charge >= 0.3 is 0 Å². The zero-order chi connectivity index (χ0) is 22.5. The first-order valence-corrected chi connectivity index (χ1v) is 11.3. The fourth-order valence-corrected chi connectivity index (χ4v) is 4.23. The van der Waals surface area contributed by atoms with Gasteiger partial charge in [-0.25, -0.2) is 0 Å². The first kappa shape index (κ1) is 23.1. The van der Waals surface area contributed by atoms with Gasteiger partial charge in [0.15, 0.2) is 0 Å². The van der Waals surface area contributed by atoms with Crippen molar-refractivity contribution < 1.29 is 4.79 Å². The van der Waals surface area contributed by atoms with Crippen molar-refractivity contribution >= 4 is 28.5 Å². The lowest BCUT2D eigenvalue weighted by molar-refractivity contribution is -0.131. The number of aryl methyl sites for hydroxylation is 3. The Morgan fingerprint density at radius 1 is 1.19 bits per heavy atom. The molecule has 0 fully saturated rings. The van der Waals surface area contributed by atoms with Crippen molar-refractivity contribution in [2.24, 2.45) is 7.05 Å². The lowest BCUT2D eigenvalue weighted by Crippen LogP contribution is -2.32. The number of aromatic amines is 1. The molecule has 0 radical (unpaired) electrons. The average Bonchev–Trinajstić information content (AvgIpc) is 3.01. The van der Waals surface area contributed by atoms with E-state index in [0.717, 1.165) is 47.1 Å². The molecule has 166 valence electrons. The van der Waals surface area contributed by atoms with Gasteiger partial charge in [-0.3, -0.25) is 14.3 Å². The molecule has 1 amide bonds. The zero-order valence-electron chi connectivity index (χ0n) is 18.8. The minimum Gasteiger partial charge on any atom is -0.338 e. The summed E-state index contributed by atoms with van der Waals surface area (Å²) in [7, 11) is 1.82. The number of nitrogens with one attached hydrogen (secondary N) is 1. The van der Waals surface area contributed by atoms with E-state index in [-0.39, 0.29) is 11.5 Å². The maximum Gasteiger partial charge on any atom is 0.253 e. The Kier molecular flexibility index (Phi) is 7.55. The van der Waals surface area contributed by atoms with Gasteiger partial charge in [0, 0.05) is 42.5 Å². The Hall–Kier alpha value is -2.60. The maximum atomic E-state index is 13.1. The average molecular weight is 443 g/mol. The van der Waals surface area contributed by atoms with Crippen LogP contribution in [-0.4, -0.2) is 32.1 Å². The number of H-pyrrole nitrogens is 1. The van der Waals surface area contributed by atoms with Crippen molar-refractivity contribution in [3.8, 4) is 0 Å². The summed E-state index contributed by atoms with van der Waals surface area (Å²) in [4.78, 5) is 30.6. The molecule has 0 spiro atoms. The van der Waals surface area contributed by atoms with Crippen molar-refractivity contribution in [3.63, 3.8) is 0 Å². The summed E-state index contributed by atoms with van der Waals surface area (Å²) in [5, 5.41) is 6.06. The summed E-state index contributed by atoms with van der Waals surface area (Å²) < 4.78 is 1.69. The molecule has 0 saturated carbocycles. The molecule has 0 unspecified atom stereocenters. The van der Waals surface area contributed by atoms with E-state index in [9.17, 15) is 9.59 Å². The molecular formula is C24H31ClN4O2. The van der Waals surface area contributed by atoms with Crippen LogP contribution >= 0.6 is 11.6 Å². The van der Waals surface area contributed by atoms with E-state index < -0.39 is 0 Å². The number of rotatable bonds is 9. The summed E-state index contributed by atoms with van der Waals surface area (Å²) in [6.45, 7) is 7.29. The largest absolute Gasteiger partial charge is 0.338 e. The van der Waals surface area contributed by atoms with Crippen molar-refractivity contribution in [1.29, 1.82) is 0 Å². The molecule has 7 heteroatoms. The molecule has 1 N–H and O–H groups in total. The number of aromatic nitrogens is 3. The number of carbonyl (C=O) groups is 1. The highest BCUT2D eigenvalue weighted by Crippen LogP contribution is 2.21. The van der Waals surface area contributed by atoms with E-state index in [4.69, 9.17) is 11.6 Å². The number of unbranched alkanes of at least 4 members (excludes halogenated alkanes) is 2. The number of fused-ring (bicyclic) bond motifs is 1. The van der Waals surface area contributed by atoms with Crippen molar-refractivity contribution in [3.05, 3.63) is 62.0 Å². The van der Waals surface area contributed by atoms with Gasteiger partial charge < -0.3 is 9.88 Å². The smallest absolute Gasteiger partial charge is 0.253 e. The summed E-state index contributed by atoms with van der Waals surface area (Å²) in [5.74, 6) is 0.0628. The third kappa shape index (κ3) is 5.37.